The highest BCUT2D eigenvalue weighted by Gasteiger charge is 2.09. The average Bonchev–Trinajstić information content (AvgIpc) is 2.63. The second-order valence-electron chi connectivity index (χ2n) is 4.45. The van der Waals surface area contributed by atoms with E-state index in [2.05, 4.69) is 47.0 Å². The van der Waals surface area contributed by atoms with Crippen LogP contribution in [0.25, 0.3) is 0 Å². The number of aromatic nitrogens is 2. The smallest absolute Gasteiger partial charge is 0.0879 e. The molecule has 0 aliphatic heterocycles. The second kappa shape index (κ2) is 4.92. The van der Waals surface area contributed by atoms with Crippen molar-refractivity contribution in [3.05, 3.63) is 46.2 Å². The van der Waals surface area contributed by atoms with Crippen LogP contribution in [0.4, 0.5) is 5.69 Å². The number of anilines is 1. The summed E-state index contributed by atoms with van der Waals surface area (Å²) in [6.07, 6.45) is 1.90. The van der Waals surface area contributed by atoms with E-state index in [-0.39, 0.29) is 0 Å². The Bertz CT molecular complexity index is 500. The normalized spacial score (nSPS) is 11.1. The van der Waals surface area contributed by atoms with Crippen LogP contribution in [0, 0.1) is 0 Å². The molecule has 0 unspecified atom stereocenters. The van der Waals surface area contributed by atoms with Crippen molar-refractivity contribution in [2.24, 2.45) is 0 Å². The molecule has 0 spiro atoms. The molecular weight excluding hydrogens is 278 g/mol. The van der Waals surface area contributed by atoms with Crippen LogP contribution in [-0.2, 0) is 6.54 Å². The third-order valence-electron chi connectivity index (χ3n) is 2.62. The first-order valence-electron chi connectivity index (χ1n) is 5.63. The summed E-state index contributed by atoms with van der Waals surface area (Å²) in [6.45, 7) is 4.95. The Hall–Kier alpha value is -1.29. The Morgan fingerprint density at radius 1 is 1.29 bits per heavy atom. The van der Waals surface area contributed by atoms with Gasteiger partial charge in [-0.15, -0.1) is 0 Å². The van der Waals surface area contributed by atoms with Crippen LogP contribution in [0.5, 0.6) is 0 Å². The van der Waals surface area contributed by atoms with E-state index in [4.69, 9.17) is 5.73 Å². The van der Waals surface area contributed by atoms with Crippen LogP contribution in [0.3, 0.4) is 0 Å². The van der Waals surface area contributed by atoms with Gasteiger partial charge in [0.05, 0.1) is 17.9 Å². The molecule has 17 heavy (non-hydrogen) atoms. The molecule has 4 heteroatoms. The van der Waals surface area contributed by atoms with Crippen molar-refractivity contribution in [3.8, 4) is 0 Å². The molecule has 1 aromatic carbocycles. The summed E-state index contributed by atoms with van der Waals surface area (Å²) in [7, 11) is 0. The van der Waals surface area contributed by atoms with E-state index in [0.717, 1.165) is 22.4 Å². The van der Waals surface area contributed by atoms with Crippen molar-refractivity contribution in [3.63, 3.8) is 0 Å². The third-order valence-corrected chi connectivity index (χ3v) is 3.15. The average molecular weight is 294 g/mol. The zero-order valence-corrected chi connectivity index (χ0v) is 11.6. The number of rotatable bonds is 3. The van der Waals surface area contributed by atoms with E-state index < -0.39 is 0 Å². The van der Waals surface area contributed by atoms with E-state index in [0.29, 0.717) is 5.92 Å². The van der Waals surface area contributed by atoms with Crippen molar-refractivity contribution in [1.82, 2.24) is 9.78 Å². The molecule has 0 amide bonds. The van der Waals surface area contributed by atoms with Gasteiger partial charge < -0.3 is 5.73 Å². The largest absolute Gasteiger partial charge is 0.396 e. The maximum atomic E-state index is 5.93. The Morgan fingerprint density at radius 2 is 1.94 bits per heavy atom. The number of nitrogens with two attached hydrogens (primary N) is 1. The maximum Gasteiger partial charge on any atom is 0.0879 e. The van der Waals surface area contributed by atoms with Crippen molar-refractivity contribution in [1.29, 1.82) is 0 Å². The predicted molar refractivity (Wildman–Crippen MR) is 74.0 cm³/mol. The summed E-state index contributed by atoms with van der Waals surface area (Å²) in [6, 6.07) is 8.23. The fourth-order valence-electron chi connectivity index (χ4n) is 1.76. The predicted octanol–water partition coefficient (Wildman–Crippen LogP) is 3.40. The zero-order chi connectivity index (χ0) is 12.4. The lowest BCUT2D eigenvalue weighted by Gasteiger charge is -2.02. The van der Waals surface area contributed by atoms with Crippen LogP contribution >= 0.6 is 15.9 Å². The molecule has 0 atom stereocenters. The SMILES string of the molecule is CC(C)c1nn(Cc2ccc(Br)cc2)cc1N. The lowest BCUT2D eigenvalue weighted by Crippen LogP contribution is -2.01. The van der Waals surface area contributed by atoms with Gasteiger partial charge in [-0.3, -0.25) is 4.68 Å². The van der Waals surface area contributed by atoms with Crippen LogP contribution in [0.15, 0.2) is 34.9 Å². The maximum absolute atomic E-state index is 5.93. The number of hydrogen-bond acceptors (Lipinski definition) is 2. The van der Waals surface area contributed by atoms with Gasteiger partial charge in [-0.25, -0.2) is 0 Å². The highest BCUT2D eigenvalue weighted by atomic mass is 79.9. The van der Waals surface area contributed by atoms with Gasteiger partial charge in [0.25, 0.3) is 0 Å². The molecule has 3 nitrogen and oxygen atoms in total. The van der Waals surface area contributed by atoms with Crippen molar-refractivity contribution >= 4 is 21.6 Å². The quantitative estimate of drug-likeness (QED) is 0.943. The molecule has 0 radical (unpaired) electrons. The highest BCUT2D eigenvalue weighted by molar-refractivity contribution is 9.10. The molecule has 0 saturated carbocycles. The van der Waals surface area contributed by atoms with Crippen molar-refractivity contribution < 1.29 is 0 Å². The molecule has 90 valence electrons. The van der Waals surface area contributed by atoms with E-state index >= 15 is 0 Å². The van der Waals surface area contributed by atoms with Gasteiger partial charge >= 0.3 is 0 Å². The monoisotopic (exact) mass is 293 g/mol. The lowest BCUT2D eigenvalue weighted by molar-refractivity contribution is 0.657. The van der Waals surface area contributed by atoms with Gasteiger partial charge in [-0.2, -0.15) is 5.10 Å². The van der Waals surface area contributed by atoms with Crippen LogP contribution < -0.4 is 5.73 Å². The molecule has 2 rings (SSSR count). The number of benzene rings is 1. The van der Waals surface area contributed by atoms with Crippen LogP contribution in [-0.4, -0.2) is 9.78 Å². The van der Waals surface area contributed by atoms with Gasteiger partial charge in [0, 0.05) is 10.7 Å². The first-order chi connectivity index (χ1) is 8.06. The van der Waals surface area contributed by atoms with Gasteiger partial charge in [-0.05, 0) is 23.6 Å². The number of nitrogens with zero attached hydrogens (tertiary/aromatic N) is 2. The standard InChI is InChI=1S/C13H16BrN3/c1-9(2)13-12(15)8-17(16-13)7-10-3-5-11(14)6-4-10/h3-6,8-9H,7,15H2,1-2H3. The minimum Gasteiger partial charge on any atom is -0.396 e. The van der Waals surface area contributed by atoms with Gasteiger partial charge in [-0.1, -0.05) is 41.9 Å². The first kappa shape index (κ1) is 12.2. The molecule has 1 heterocycles. The Labute approximate surface area is 110 Å². The number of halogens is 1. The van der Waals surface area contributed by atoms with E-state index in [1.165, 1.54) is 5.56 Å². The van der Waals surface area contributed by atoms with Gasteiger partial charge in [0.1, 0.15) is 0 Å². The molecule has 0 fully saturated rings. The number of nitrogen functional groups attached to an aromatic ring is 1. The molecular formula is C13H16BrN3. The minimum absolute atomic E-state index is 0.362. The fraction of sp³-hybridized carbons (Fsp3) is 0.308. The molecule has 2 aromatic rings. The highest BCUT2D eigenvalue weighted by Crippen LogP contribution is 2.20. The second-order valence-corrected chi connectivity index (χ2v) is 5.36. The summed E-state index contributed by atoms with van der Waals surface area (Å²) >= 11 is 3.42. The van der Waals surface area contributed by atoms with Crippen molar-refractivity contribution in [2.75, 3.05) is 5.73 Å². The Balaban J connectivity index is 2.19. The van der Waals surface area contributed by atoms with Crippen LogP contribution in [0.2, 0.25) is 0 Å². The number of hydrogen-bond donors (Lipinski definition) is 1. The van der Waals surface area contributed by atoms with Gasteiger partial charge in [0.15, 0.2) is 0 Å². The Morgan fingerprint density at radius 3 is 2.47 bits per heavy atom. The molecule has 0 bridgehead atoms. The molecule has 0 aliphatic carbocycles. The summed E-state index contributed by atoms with van der Waals surface area (Å²) < 4.78 is 2.98. The first-order valence-corrected chi connectivity index (χ1v) is 6.43. The molecule has 1 aromatic heterocycles. The van der Waals surface area contributed by atoms with Crippen LogP contribution in [0.1, 0.15) is 31.0 Å². The Kier molecular flexibility index (Phi) is 3.52. The lowest BCUT2D eigenvalue weighted by atomic mass is 10.1. The summed E-state index contributed by atoms with van der Waals surface area (Å²) in [5.74, 6) is 0.362. The van der Waals surface area contributed by atoms with Gasteiger partial charge in [0.2, 0.25) is 0 Å². The van der Waals surface area contributed by atoms with E-state index in [1.54, 1.807) is 0 Å². The van der Waals surface area contributed by atoms with E-state index in [1.807, 2.05) is 23.0 Å². The summed E-state index contributed by atoms with van der Waals surface area (Å²) in [5.41, 5.74) is 8.89. The third kappa shape index (κ3) is 2.88. The molecule has 0 saturated heterocycles. The fourth-order valence-corrected chi connectivity index (χ4v) is 2.02. The summed E-state index contributed by atoms with van der Waals surface area (Å²) in [4.78, 5) is 0. The molecule has 0 aliphatic rings. The van der Waals surface area contributed by atoms with E-state index in [9.17, 15) is 0 Å². The topological polar surface area (TPSA) is 43.8 Å². The molecule has 2 N–H and O–H groups in total. The summed E-state index contributed by atoms with van der Waals surface area (Å²) in [5, 5.41) is 4.51. The zero-order valence-electron chi connectivity index (χ0n) is 10.0. The minimum atomic E-state index is 0.362. The van der Waals surface area contributed by atoms with Crippen molar-refractivity contribution in [2.45, 2.75) is 26.3 Å².